The number of hydrogen-bond acceptors (Lipinski definition) is 9. The zero-order valence-corrected chi connectivity index (χ0v) is 19.1. The summed E-state index contributed by atoms with van der Waals surface area (Å²) in [5, 5.41) is 0. The van der Waals surface area contributed by atoms with Crippen LogP contribution >= 0.6 is 0 Å². The van der Waals surface area contributed by atoms with Crippen LogP contribution < -0.4 is 4.74 Å². The van der Waals surface area contributed by atoms with Gasteiger partial charge in [-0.15, -0.1) is 0 Å². The van der Waals surface area contributed by atoms with Gasteiger partial charge in [-0.05, 0) is 17.7 Å². The van der Waals surface area contributed by atoms with E-state index in [1.807, 2.05) is 0 Å². The Morgan fingerprint density at radius 3 is 1.64 bits per heavy atom. The fraction of sp³-hybridized carbons (Fsp3) is 0.538. The van der Waals surface area contributed by atoms with Crippen molar-refractivity contribution in [2.75, 3.05) is 38.7 Å². The smallest absolute Gasteiger partial charge is 0.224 e. The van der Waals surface area contributed by atoms with Crippen LogP contribution in [-0.2, 0) is 40.1 Å². The van der Waals surface area contributed by atoms with Crippen molar-refractivity contribution in [1.29, 1.82) is 0 Å². The van der Waals surface area contributed by atoms with Gasteiger partial charge in [0.05, 0.1) is 44.7 Å². The first-order chi connectivity index (χ1) is 12.4. The third kappa shape index (κ3) is 6.38. The van der Waals surface area contributed by atoms with Gasteiger partial charge in [-0.1, -0.05) is 19.6 Å². The van der Waals surface area contributed by atoms with E-state index in [0.717, 1.165) is 0 Å². The molecule has 0 heterocycles. The number of ether oxygens (including phenoxy) is 1. The molecule has 28 heavy (non-hydrogen) atoms. The van der Waals surface area contributed by atoms with Crippen LogP contribution in [0.25, 0.3) is 0 Å². The maximum Gasteiger partial charge on any atom is 0.224 e. The van der Waals surface area contributed by atoms with E-state index < -0.39 is 52.7 Å². The lowest BCUT2D eigenvalue weighted by molar-refractivity contribution is 0.384. The van der Waals surface area contributed by atoms with E-state index in [1.54, 1.807) is 0 Å². The SMILES string of the molecule is COc1cccc(C(CN(S(C)(=O)=O)S(C)(=O)=O)N(S(C)(=O)=O)S(C)(=O)=O)c1. The summed E-state index contributed by atoms with van der Waals surface area (Å²) >= 11 is 0. The summed E-state index contributed by atoms with van der Waals surface area (Å²) < 4.78 is 102. The summed E-state index contributed by atoms with van der Waals surface area (Å²) in [6.07, 6.45) is 2.46. The Balaban J connectivity index is 3.82. The topological polar surface area (TPSA) is 152 Å². The molecule has 1 aromatic carbocycles. The van der Waals surface area contributed by atoms with Gasteiger partial charge in [0.2, 0.25) is 40.1 Å². The molecule has 0 aliphatic rings. The molecule has 1 aromatic rings. The Hall–Kier alpha value is -1.26. The Morgan fingerprint density at radius 1 is 0.821 bits per heavy atom. The van der Waals surface area contributed by atoms with Crippen molar-refractivity contribution in [2.24, 2.45) is 0 Å². The molecule has 0 saturated carbocycles. The average molecular weight is 479 g/mol. The van der Waals surface area contributed by atoms with E-state index in [4.69, 9.17) is 4.74 Å². The number of hydrogen-bond donors (Lipinski definition) is 0. The third-order valence-corrected chi connectivity index (χ3v) is 10.3. The molecular weight excluding hydrogens is 456 g/mol. The Morgan fingerprint density at radius 2 is 1.29 bits per heavy atom. The lowest BCUT2D eigenvalue weighted by Gasteiger charge is -2.31. The largest absolute Gasteiger partial charge is 0.497 e. The molecule has 1 atom stereocenters. The van der Waals surface area contributed by atoms with Crippen LogP contribution in [0.15, 0.2) is 24.3 Å². The minimum absolute atomic E-state index is 0.0208. The molecule has 0 aliphatic heterocycles. The van der Waals surface area contributed by atoms with E-state index in [1.165, 1.54) is 31.4 Å². The zero-order valence-electron chi connectivity index (χ0n) is 15.8. The maximum atomic E-state index is 12.2. The van der Waals surface area contributed by atoms with Crippen molar-refractivity contribution in [1.82, 2.24) is 7.42 Å². The molecule has 1 rings (SSSR count). The molecule has 11 nitrogen and oxygen atoms in total. The van der Waals surface area contributed by atoms with Gasteiger partial charge in [-0.25, -0.2) is 33.7 Å². The first-order valence-electron chi connectivity index (χ1n) is 7.40. The molecule has 0 aliphatic carbocycles. The fourth-order valence-electron chi connectivity index (χ4n) is 2.51. The first kappa shape index (κ1) is 24.8. The Bertz CT molecular complexity index is 1080. The van der Waals surface area contributed by atoms with Crippen molar-refractivity contribution in [3.63, 3.8) is 0 Å². The molecular formula is C13H22N2O9S4. The van der Waals surface area contributed by atoms with Crippen LogP contribution in [-0.4, -0.2) is 79.8 Å². The van der Waals surface area contributed by atoms with Crippen molar-refractivity contribution in [3.8, 4) is 5.75 Å². The second-order valence-corrected chi connectivity index (χ2v) is 14.0. The highest BCUT2D eigenvalue weighted by atomic mass is 32.3. The van der Waals surface area contributed by atoms with Gasteiger partial charge in [0.15, 0.2) is 0 Å². The Labute approximate surface area is 166 Å². The van der Waals surface area contributed by atoms with E-state index in [9.17, 15) is 33.7 Å². The number of nitrogens with zero attached hydrogens (tertiary/aromatic N) is 2. The van der Waals surface area contributed by atoms with Crippen LogP contribution in [0.4, 0.5) is 0 Å². The number of sulfonamides is 4. The van der Waals surface area contributed by atoms with Gasteiger partial charge in [-0.2, -0.15) is 0 Å². The summed E-state index contributed by atoms with van der Waals surface area (Å²) in [5.74, 6) is 0.231. The van der Waals surface area contributed by atoms with Crippen molar-refractivity contribution in [3.05, 3.63) is 29.8 Å². The highest BCUT2D eigenvalue weighted by Gasteiger charge is 2.41. The normalized spacial score (nSPS) is 15.0. The van der Waals surface area contributed by atoms with Crippen LogP contribution in [0.5, 0.6) is 5.75 Å². The quantitative estimate of drug-likeness (QED) is 0.443. The molecule has 0 amide bonds. The molecule has 1 unspecified atom stereocenters. The predicted octanol–water partition coefficient (Wildman–Crippen LogP) is -0.821. The van der Waals surface area contributed by atoms with E-state index >= 15 is 0 Å². The van der Waals surface area contributed by atoms with Gasteiger partial charge < -0.3 is 4.74 Å². The van der Waals surface area contributed by atoms with Gasteiger partial charge in [0.25, 0.3) is 0 Å². The lowest BCUT2D eigenvalue weighted by Crippen LogP contribution is -2.46. The number of methoxy groups -OCH3 is 1. The minimum Gasteiger partial charge on any atom is -0.497 e. The second kappa shape index (κ2) is 8.23. The molecule has 0 spiro atoms. The standard InChI is InChI=1S/C13H22N2O9S4/c1-24-12-8-6-7-11(9-12)13(15(27(4,20)21)28(5,22)23)10-14(25(2,16)17)26(3,18)19/h6-9,13H,10H2,1-5H3. The second-order valence-electron chi connectivity index (χ2n) is 6.03. The summed E-state index contributed by atoms with van der Waals surface area (Å²) in [7, 11) is -16.3. The van der Waals surface area contributed by atoms with Gasteiger partial charge in [-0.3, -0.25) is 0 Å². The van der Waals surface area contributed by atoms with Crippen molar-refractivity contribution in [2.45, 2.75) is 6.04 Å². The first-order valence-corrected chi connectivity index (χ1v) is 14.8. The van der Waals surface area contributed by atoms with Crippen LogP contribution in [0.1, 0.15) is 11.6 Å². The maximum absolute atomic E-state index is 12.2. The van der Waals surface area contributed by atoms with Gasteiger partial charge >= 0.3 is 0 Å². The van der Waals surface area contributed by atoms with Crippen molar-refractivity contribution >= 4 is 40.1 Å². The number of rotatable bonds is 9. The van der Waals surface area contributed by atoms with E-state index in [-0.39, 0.29) is 18.7 Å². The predicted molar refractivity (Wildman–Crippen MR) is 104 cm³/mol. The molecule has 0 bridgehead atoms. The average Bonchev–Trinajstić information content (AvgIpc) is 2.46. The molecule has 0 aromatic heterocycles. The van der Waals surface area contributed by atoms with Gasteiger partial charge in [0.1, 0.15) is 5.75 Å². The molecule has 0 saturated heterocycles. The van der Waals surface area contributed by atoms with Crippen LogP contribution in [0.3, 0.4) is 0 Å². The minimum atomic E-state index is -4.44. The van der Waals surface area contributed by atoms with E-state index in [2.05, 4.69) is 0 Å². The molecule has 162 valence electrons. The molecule has 0 radical (unpaired) electrons. The van der Waals surface area contributed by atoms with E-state index in [0.29, 0.717) is 25.0 Å². The molecule has 0 fully saturated rings. The summed E-state index contributed by atoms with van der Waals surface area (Å²) in [6, 6.07) is 3.85. The van der Waals surface area contributed by atoms with Crippen LogP contribution in [0.2, 0.25) is 0 Å². The number of benzene rings is 1. The fourth-order valence-corrected chi connectivity index (χ4v) is 8.57. The highest BCUT2D eigenvalue weighted by Crippen LogP contribution is 2.30. The lowest BCUT2D eigenvalue weighted by atomic mass is 10.1. The van der Waals surface area contributed by atoms with Crippen molar-refractivity contribution < 1.29 is 38.4 Å². The third-order valence-electron chi connectivity index (χ3n) is 3.45. The summed E-state index contributed by atoms with van der Waals surface area (Å²) in [4.78, 5) is 0. The van der Waals surface area contributed by atoms with Crippen LogP contribution in [0, 0.1) is 0 Å². The summed E-state index contributed by atoms with van der Waals surface area (Å²) in [5.41, 5.74) is 0.0208. The Kier molecular flexibility index (Phi) is 7.29. The van der Waals surface area contributed by atoms with Gasteiger partial charge in [0, 0.05) is 0 Å². The monoisotopic (exact) mass is 478 g/mol. The molecule has 15 heteroatoms. The molecule has 0 N–H and O–H groups in total. The highest BCUT2D eigenvalue weighted by molar-refractivity contribution is 8.04. The zero-order chi connectivity index (χ0) is 22.1. The summed E-state index contributed by atoms with van der Waals surface area (Å²) in [6.45, 7) is -0.981.